The molecule has 19 heavy (non-hydrogen) atoms. The maximum atomic E-state index is 13.9. The molecule has 1 aromatic carbocycles. The van der Waals surface area contributed by atoms with Gasteiger partial charge in [0.2, 0.25) is 0 Å². The summed E-state index contributed by atoms with van der Waals surface area (Å²) in [6, 6.07) is 4.29. The molecule has 0 saturated heterocycles. The van der Waals surface area contributed by atoms with Crippen LogP contribution in [0.2, 0.25) is 0 Å². The minimum atomic E-state index is -0.362. The van der Waals surface area contributed by atoms with Crippen molar-refractivity contribution in [3.05, 3.63) is 29.6 Å². The monoisotopic (exact) mass is 269 g/mol. The Morgan fingerprint density at radius 3 is 2.53 bits per heavy atom. The fourth-order valence-electron chi connectivity index (χ4n) is 2.17. The van der Waals surface area contributed by atoms with Gasteiger partial charge in [-0.2, -0.15) is 0 Å². The van der Waals surface area contributed by atoms with Crippen molar-refractivity contribution in [3.63, 3.8) is 0 Å². The Hall–Kier alpha value is -1.13. The predicted octanol–water partition coefficient (Wildman–Crippen LogP) is 3.20. The summed E-state index contributed by atoms with van der Waals surface area (Å²) in [6.45, 7) is 8.52. The molecule has 0 aliphatic carbocycles. The SMILES string of the molecule is COCCN(CC(C)C)C(C)c1ccc(O)cc1F. The average Bonchev–Trinajstić information content (AvgIpc) is 2.33. The summed E-state index contributed by atoms with van der Waals surface area (Å²) < 4.78 is 19.0. The third-order valence-electron chi connectivity index (χ3n) is 3.16. The van der Waals surface area contributed by atoms with Crippen molar-refractivity contribution in [3.8, 4) is 5.75 Å². The summed E-state index contributed by atoms with van der Waals surface area (Å²) in [5, 5.41) is 9.27. The van der Waals surface area contributed by atoms with Crippen molar-refractivity contribution >= 4 is 0 Å². The Kier molecular flexibility index (Phi) is 6.25. The molecular formula is C15H24FNO2. The van der Waals surface area contributed by atoms with E-state index in [1.54, 1.807) is 13.2 Å². The van der Waals surface area contributed by atoms with Crippen molar-refractivity contribution in [2.75, 3.05) is 26.8 Å². The highest BCUT2D eigenvalue weighted by Crippen LogP contribution is 2.26. The number of hydrogen-bond acceptors (Lipinski definition) is 3. The highest BCUT2D eigenvalue weighted by Gasteiger charge is 2.19. The number of benzene rings is 1. The molecule has 0 aliphatic rings. The normalized spacial score (nSPS) is 13.2. The van der Waals surface area contributed by atoms with Crippen molar-refractivity contribution in [1.29, 1.82) is 0 Å². The molecule has 0 spiro atoms. The van der Waals surface area contributed by atoms with Crippen LogP contribution in [-0.4, -0.2) is 36.8 Å². The molecule has 1 unspecified atom stereocenters. The van der Waals surface area contributed by atoms with Gasteiger partial charge in [0, 0.05) is 37.9 Å². The summed E-state index contributed by atoms with van der Waals surface area (Å²) in [5.74, 6) is 0.0962. The van der Waals surface area contributed by atoms with E-state index in [2.05, 4.69) is 18.7 Å². The van der Waals surface area contributed by atoms with E-state index in [1.165, 1.54) is 6.07 Å². The van der Waals surface area contributed by atoms with Gasteiger partial charge in [0.15, 0.2) is 0 Å². The zero-order valence-corrected chi connectivity index (χ0v) is 12.2. The minimum Gasteiger partial charge on any atom is -0.508 e. The van der Waals surface area contributed by atoms with Gasteiger partial charge in [-0.15, -0.1) is 0 Å². The lowest BCUT2D eigenvalue weighted by Crippen LogP contribution is -2.34. The second kappa shape index (κ2) is 7.46. The van der Waals surface area contributed by atoms with Crippen LogP contribution in [0.5, 0.6) is 5.75 Å². The molecule has 1 rings (SSSR count). The van der Waals surface area contributed by atoms with Crippen LogP contribution in [0.1, 0.15) is 32.4 Å². The molecule has 108 valence electrons. The fraction of sp³-hybridized carbons (Fsp3) is 0.600. The molecule has 1 N–H and O–H groups in total. The number of phenols is 1. The van der Waals surface area contributed by atoms with E-state index in [-0.39, 0.29) is 17.6 Å². The largest absolute Gasteiger partial charge is 0.508 e. The highest BCUT2D eigenvalue weighted by molar-refractivity contribution is 5.29. The van der Waals surface area contributed by atoms with Gasteiger partial charge in [0.1, 0.15) is 11.6 Å². The molecule has 0 aromatic heterocycles. The number of aromatic hydroxyl groups is 1. The van der Waals surface area contributed by atoms with Crippen LogP contribution in [0.15, 0.2) is 18.2 Å². The smallest absolute Gasteiger partial charge is 0.131 e. The Bertz CT molecular complexity index is 396. The van der Waals surface area contributed by atoms with E-state index in [9.17, 15) is 9.50 Å². The summed E-state index contributed by atoms with van der Waals surface area (Å²) >= 11 is 0. The van der Waals surface area contributed by atoms with Gasteiger partial charge >= 0.3 is 0 Å². The topological polar surface area (TPSA) is 32.7 Å². The first-order valence-corrected chi connectivity index (χ1v) is 6.67. The number of methoxy groups -OCH3 is 1. The van der Waals surface area contributed by atoms with Crippen molar-refractivity contribution in [2.45, 2.75) is 26.8 Å². The van der Waals surface area contributed by atoms with Crippen LogP contribution in [0.4, 0.5) is 4.39 Å². The zero-order chi connectivity index (χ0) is 14.4. The molecule has 0 saturated carbocycles. The first-order valence-electron chi connectivity index (χ1n) is 6.67. The average molecular weight is 269 g/mol. The number of hydrogen-bond donors (Lipinski definition) is 1. The van der Waals surface area contributed by atoms with E-state index >= 15 is 0 Å². The van der Waals surface area contributed by atoms with E-state index in [4.69, 9.17) is 4.74 Å². The summed E-state index contributed by atoms with van der Waals surface area (Å²) in [7, 11) is 1.67. The molecule has 0 heterocycles. The maximum absolute atomic E-state index is 13.9. The van der Waals surface area contributed by atoms with Gasteiger partial charge in [-0.1, -0.05) is 19.9 Å². The summed E-state index contributed by atoms with van der Waals surface area (Å²) in [6.07, 6.45) is 0. The molecule has 0 fully saturated rings. The van der Waals surface area contributed by atoms with E-state index in [1.807, 2.05) is 6.92 Å². The van der Waals surface area contributed by atoms with E-state index < -0.39 is 0 Å². The number of rotatable bonds is 7. The standard InChI is InChI=1S/C15H24FNO2/c1-11(2)10-17(7-8-19-4)12(3)14-6-5-13(18)9-15(14)16/h5-6,9,11-12,18H,7-8,10H2,1-4H3. The predicted molar refractivity (Wildman–Crippen MR) is 74.8 cm³/mol. The quantitative estimate of drug-likeness (QED) is 0.825. The number of ether oxygens (including phenoxy) is 1. The van der Waals surface area contributed by atoms with Crippen LogP contribution in [0.25, 0.3) is 0 Å². The van der Waals surface area contributed by atoms with Gasteiger partial charge in [-0.05, 0) is 18.9 Å². The summed E-state index contributed by atoms with van der Waals surface area (Å²) in [4.78, 5) is 2.20. The fourth-order valence-corrected chi connectivity index (χ4v) is 2.17. The second-order valence-corrected chi connectivity index (χ2v) is 5.26. The van der Waals surface area contributed by atoms with Crippen LogP contribution in [-0.2, 0) is 4.74 Å². The molecule has 0 aliphatic heterocycles. The van der Waals surface area contributed by atoms with Crippen molar-refractivity contribution in [1.82, 2.24) is 4.90 Å². The highest BCUT2D eigenvalue weighted by atomic mass is 19.1. The van der Waals surface area contributed by atoms with Crippen molar-refractivity contribution in [2.24, 2.45) is 5.92 Å². The molecule has 1 aromatic rings. The Morgan fingerprint density at radius 1 is 1.32 bits per heavy atom. The Balaban J connectivity index is 2.87. The first-order chi connectivity index (χ1) is 8.95. The Morgan fingerprint density at radius 2 is 2.00 bits per heavy atom. The van der Waals surface area contributed by atoms with Crippen molar-refractivity contribution < 1.29 is 14.2 Å². The molecule has 0 radical (unpaired) electrons. The number of phenolic OH excluding ortho intramolecular Hbond substituents is 1. The number of halogens is 1. The van der Waals surface area contributed by atoms with Crippen LogP contribution in [0, 0.1) is 11.7 Å². The van der Waals surface area contributed by atoms with Gasteiger partial charge < -0.3 is 9.84 Å². The summed E-state index contributed by atoms with van der Waals surface area (Å²) in [5.41, 5.74) is 0.606. The molecule has 4 heteroatoms. The lowest BCUT2D eigenvalue weighted by Gasteiger charge is -2.31. The number of nitrogens with zero attached hydrogens (tertiary/aromatic N) is 1. The van der Waals surface area contributed by atoms with Crippen LogP contribution in [0.3, 0.4) is 0 Å². The van der Waals surface area contributed by atoms with Gasteiger partial charge in [0.05, 0.1) is 6.61 Å². The van der Waals surface area contributed by atoms with Gasteiger partial charge in [0.25, 0.3) is 0 Å². The first kappa shape index (κ1) is 15.9. The maximum Gasteiger partial charge on any atom is 0.131 e. The Labute approximate surface area is 115 Å². The van der Waals surface area contributed by atoms with Crippen LogP contribution < -0.4 is 0 Å². The molecule has 1 atom stereocenters. The van der Waals surface area contributed by atoms with Gasteiger partial charge in [-0.25, -0.2) is 4.39 Å². The lowest BCUT2D eigenvalue weighted by molar-refractivity contribution is 0.114. The third kappa shape index (κ3) is 4.80. The molecule has 0 bridgehead atoms. The van der Waals surface area contributed by atoms with Gasteiger partial charge in [-0.3, -0.25) is 4.90 Å². The van der Waals surface area contributed by atoms with E-state index in [0.717, 1.165) is 19.2 Å². The second-order valence-electron chi connectivity index (χ2n) is 5.26. The zero-order valence-electron chi connectivity index (χ0n) is 12.2. The lowest BCUT2D eigenvalue weighted by atomic mass is 10.0. The molecular weight excluding hydrogens is 245 g/mol. The molecule has 0 amide bonds. The van der Waals surface area contributed by atoms with E-state index in [0.29, 0.717) is 18.1 Å². The minimum absolute atomic E-state index is 0.0410. The molecule has 3 nitrogen and oxygen atoms in total. The third-order valence-corrected chi connectivity index (χ3v) is 3.16. The van der Waals surface area contributed by atoms with Crippen LogP contribution >= 0.6 is 0 Å².